The first-order chi connectivity index (χ1) is 7.83. The lowest BCUT2D eigenvalue weighted by Crippen LogP contribution is -2.21. The van der Waals surface area contributed by atoms with Crippen molar-refractivity contribution in [1.82, 2.24) is 5.32 Å². The Kier molecular flexibility index (Phi) is 7.28. The van der Waals surface area contributed by atoms with Gasteiger partial charge in [0.2, 0.25) is 5.91 Å². The second-order valence-corrected chi connectivity index (χ2v) is 5.04. The van der Waals surface area contributed by atoms with E-state index in [4.69, 9.17) is 0 Å². The molecule has 2 nitrogen and oxygen atoms in total. The highest BCUT2D eigenvalue weighted by Crippen LogP contribution is 2.26. The van der Waals surface area contributed by atoms with Gasteiger partial charge in [-0.05, 0) is 25.2 Å². The Bertz CT molecular complexity index is 185. The molecule has 0 spiro atoms. The van der Waals surface area contributed by atoms with Crippen molar-refractivity contribution in [3.63, 3.8) is 0 Å². The van der Waals surface area contributed by atoms with Crippen LogP contribution in [0.2, 0.25) is 0 Å². The summed E-state index contributed by atoms with van der Waals surface area (Å²) in [5.74, 6) is 0.795. The van der Waals surface area contributed by atoms with Gasteiger partial charge in [0.1, 0.15) is 0 Å². The maximum absolute atomic E-state index is 11.6. The Labute approximate surface area is 100 Å². The number of nitrogens with zero attached hydrogens (tertiary/aromatic N) is 1. The van der Waals surface area contributed by atoms with Crippen molar-refractivity contribution in [2.75, 3.05) is 6.54 Å². The fourth-order valence-electron chi connectivity index (χ4n) is 2.45. The van der Waals surface area contributed by atoms with E-state index in [1.165, 1.54) is 51.4 Å². The molecule has 0 unspecified atom stereocenters. The summed E-state index contributed by atoms with van der Waals surface area (Å²) in [7, 11) is 0. The molecule has 0 bridgehead atoms. The molecule has 1 aliphatic rings. The van der Waals surface area contributed by atoms with Crippen molar-refractivity contribution >= 4 is 5.91 Å². The zero-order chi connectivity index (χ0) is 11.6. The van der Waals surface area contributed by atoms with Crippen molar-refractivity contribution in [1.29, 1.82) is 0 Å². The molecule has 1 amide bonds. The van der Waals surface area contributed by atoms with E-state index in [0.29, 0.717) is 12.3 Å². The molecule has 0 saturated heterocycles. The summed E-state index contributed by atoms with van der Waals surface area (Å²) in [6.07, 6.45) is 12.0. The van der Waals surface area contributed by atoms with Crippen molar-refractivity contribution in [3.8, 4) is 0 Å². The number of unbranched alkanes of at least 4 members (excludes halogenated alkanes) is 3. The monoisotopic (exact) mass is 224 g/mol. The number of hydrogen-bond acceptors (Lipinski definition) is 1. The summed E-state index contributed by atoms with van der Waals surface area (Å²) < 4.78 is 0. The van der Waals surface area contributed by atoms with Gasteiger partial charge in [-0.25, -0.2) is 0 Å². The Hall–Kier alpha value is -0.530. The van der Waals surface area contributed by atoms with Crippen LogP contribution in [0.15, 0.2) is 0 Å². The number of carbonyl (C=O) groups excluding carboxylic acids is 1. The zero-order valence-electron chi connectivity index (χ0n) is 10.7. The second-order valence-electron chi connectivity index (χ2n) is 5.04. The molecule has 1 aliphatic carbocycles. The quantitative estimate of drug-likeness (QED) is 0.607. The van der Waals surface area contributed by atoms with Gasteiger partial charge in [0, 0.05) is 13.0 Å². The molecule has 0 aromatic rings. The van der Waals surface area contributed by atoms with Crippen LogP contribution in [0.25, 0.3) is 0 Å². The van der Waals surface area contributed by atoms with Gasteiger partial charge < -0.3 is 0 Å². The van der Waals surface area contributed by atoms with Crippen LogP contribution in [-0.4, -0.2) is 12.5 Å². The highest BCUT2D eigenvalue weighted by atomic mass is 16.1. The Morgan fingerprint density at radius 1 is 1.12 bits per heavy atom. The standard InChI is InChI=1S/C14H26NO/c1-2-3-4-8-11-15-14(16)12-13-9-6-5-7-10-13/h13H,2-12H2,1H3. The van der Waals surface area contributed by atoms with Crippen LogP contribution in [-0.2, 0) is 4.79 Å². The molecule has 1 fully saturated rings. The molecule has 16 heavy (non-hydrogen) atoms. The van der Waals surface area contributed by atoms with Crippen LogP contribution < -0.4 is 5.32 Å². The highest BCUT2D eigenvalue weighted by molar-refractivity contribution is 5.75. The SMILES string of the molecule is CCCCCC[N]C(=O)CC1CCCCC1. The van der Waals surface area contributed by atoms with E-state index in [-0.39, 0.29) is 5.91 Å². The lowest BCUT2D eigenvalue weighted by atomic mass is 9.87. The Morgan fingerprint density at radius 2 is 1.88 bits per heavy atom. The normalized spacial score (nSPS) is 17.3. The van der Waals surface area contributed by atoms with Crippen molar-refractivity contribution in [2.24, 2.45) is 5.92 Å². The van der Waals surface area contributed by atoms with E-state index in [2.05, 4.69) is 12.2 Å². The largest absolute Gasteiger partial charge is 0.273 e. The maximum atomic E-state index is 11.6. The van der Waals surface area contributed by atoms with E-state index < -0.39 is 0 Å². The van der Waals surface area contributed by atoms with E-state index in [1.54, 1.807) is 0 Å². The second kappa shape index (κ2) is 8.60. The van der Waals surface area contributed by atoms with Gasteiger partial charge in [0.25, 0.3) is 0 Å². The van der Waals surface area contributed by atoms with E-state index in [1.807, 2.05) is 0 Å². The van der Waals surface area contributed by atoms with Crippen molar-refractivity contribution in [2.45, 2.75) is 71.1 Å². The van der Waals surface area contributed by atoms with Gasteiger partial charge in [-0.2, -0.15) is 0 Å². The predicted octanol–water partition coefficient (Wildman–Crippen LogP) is 3.67. The van der Waals surface area contributed by atoms with Gasteiger partial charge in [-0.1, -0.05) is 45.4 Å². The van der Waals surface area contributed by atoms with Crippen LogP contribution in [0.4, 0.5) is 0 Å². The van der Waals surface area contributed by atoms with Crippen LogP contribution >= 0.6 is 0 Å². The van der Waals surface area contributed by atoms with Gasteiger partial charge in [-0.15, -0.1) is 0 Å². The molecule has 0 atom stereocenters. The smallest absolute Gasteiger partial charge is 0.241 e. The van der Waals surface area contributed by atoms with Gasteiger partial charge in [-0.3, -0.25) is 10.1 Å². The summed E-state index contributed by atoms with van der Waals surface area (Å²) >= 11 is 0. The molecule has 93 valence electrons. The molecule has 0 heterocycles. The average Bonchev–Trinajstić information content (AvgIpc) is 2.30. The van der Waals surface area contributed by atoms with Gasteiger partial charge in [0.15, 0.2) is 0 Å². The third-order valence-electron chi connectivity index (χ3n) is 3.49. The molecule has 1 rings (SSSR count). The first-order valence-electron chi connectivity index (χ1n) is 7.03. The van der Waals surface area contributed by atoms with E-state index in [9.17, 15) is 4.79 Å². The first kappa shape index (κ1) is 13.5. The Morgan fingerprint density at radius 3 is 2.56 bits per heavy atom. The Balaban J connectivity index is 1.97. The number of hydrogen-bond donors (Lipinski definition) is 0. The maximum Gasteiger partial charge on any atom is 0.241 e. The minimum atomic E-state index is 0.156. The summed E-state index contributed by atoms with van der Waals surface area (Å²) in [6.45, 7) is 2.96. The van der Waals surface area contributed by atoms with Crippen molar-refractivity contribution < 1.29 is 4.79 Å². The lowest BCUT2D eigenvalue weighted by molar-refractivity contribution is -0.122. The third-order valence-corrected chi connectivity index (χ3v) is 3.49. The predicted molar refractivity (Wildman–Crippen MR) is 67.3 cm³/mol. The average molecular weight is 224 g/mol. The molecule has 1 saturated carbocycles. The molecule has 0 aromatic carbocycles. The minimum Gasteiger partial charge on any atom is -0.273 e. The van der Waals surface area contributed by atoms with Crippen LogP contribution in [0.5, 0.6) is 0 Å². The molecule has 0 aromatic heterocycles. The molecular formula is C14H26NO. The number of amides is 1. The fourth-order valence-corrected chi connectivity index (χ4v) is 2.45. The number of rotatable bonds is 7. The molecule has 0 aliphatic heterocycles. The molecule has 0 N–H and O–H groups in total. The summed E-state index contributed by atoms with van der Waals surface area (Å²) in [6, 6.07) is 0. The molecule has 1 radical (unpaired) electrons. The first-order valence-corrected chi connectivity index (χ1v) is 7.03. The topological polar surface area (TPSA) is 31.2 Å². The molecule has 2 heteroatoms. The molecular weight excluding hydrogens is 198 g/mol. The fraction of sp³-hybridized carbons (Fsp3) is 0.929. The summed E-state index contributed by atoms with van der Waals surface area (Å²) in [5, 5.41) is 4.15. The summed E-state index contributed by atoms with van der Waals surface area (Å²) in [4.78, 5) is 11.6. The number of carbonyl (C=O) groups is 1. The third kappa shape index (κ3) is 6.14. The highest BCUT2D eigenvalue weighted by Gasteiger charge is 2.17. The van der Waals surface area contributed by atoms with Crippen molar-refractivity contribution in [3.05, 3.63) is 0 Å². The minimum absolute atomic E-state index is 0.156. The van der Waals surface area contributed by atoms with Crippen LogP contribution in [0.3, 0.4) is 0 Å². The summed E-state index contributed by atoms with van der Waals surface area (Å²) in [5.41, 5.74) is 0. The van der Waals surface area contributed by atoms with Gasteiger partial charge >= 0.3 is 0 Å². The van der Waals surface area contributed by atoms with E-state index in [0.717, 1.165) is 13.0 Å². The zero-order valence-corrected chi connectivity index (χ0v) is 10.7. The van der Waals surface area contributed by atoms with Crippen LogP contribution in [0.1, 0.15) is 71.1 Å². The van der Waals surface area contributed by atoms with Crippen LogP contribution in [0, 0.1) is 5.92 Å². The van der Waals surface area contributed by atoms with Gasteiger partial charge in [0.05, 0.1) is 0 Å². The van der Waals surface area contributed by atoms with E-state index >= 15 is 0 Å². The lowest BCUT2D eigenvalue weighted by Gasteiger charge is -2.20.